The molecule has 84 valence electrons. The lowest BCUT2D eigenvalue weighted by Gasteiger charge is -2.14. The van der Waals surface area contributed by atoms with Crippen LogP contribution in [-0.4, -0.2) is 16.6 Å². The molecule has 0 bridgehead atoms. The molecule has 1 atom stereocenters. The zero-order chi connectivity index (χ0) is 11.7. The number of hydrogen-bond acceptors (Lipinski definition) is 3. The zero-order valence-corrected chi connectivity index (χ0v) is 9.69. The van der Waals surface area contributed by atoms with Gasteiger partial charge in [0.05, 0.1) is 16.9 Å². The van der Waals surface area contributed by atoms with Gasteiger partial charge in [0.15, 0.2) is 0 Å². The fourth-order valence-corrected chi connectivity index (χ4v) is 1.75. The Morgan fingerprint density at radius 3 is 2.75 bits per heavy atom. The van der Waals surface area contributed by atoms with Crippen LogP contribution in [0.4, 0.5) is 0 Å². The summed E-state index contributed by atoms with van der Waals surface area (Å²) in [6.07, 6.45) is 0. The van der Waals surface area contributed by atoms with Gasteiger partial charge in [-0.2, -0.15) is 0 Å². The molecule has 0 amide bonds. The van der Waals surface area contributed by atoms with Crippen LogP contribution >= 0.6 is 0 Å². The first-order chi connectivity index (χ1) is 7.65. The van der Waals surface area contributed by atoms with Gasteiger partial charge in [-0.15, -0.1) is 0 Å². The molecule has 1 unspecified atom stereocenters. The topological polar surface area (TPSA) is 46.9 Å². The molecule has 1 heterocycles. The number of benzene rings is 1. The molecule has 4 heteroatoms. The molecule has 0 spiro atoms. The van der Waals surface area contributed by atoms with E-state index in [4.69, 9.17) is 0 Å². The van der Waals surface area contributed by atoms with E-state index in [0.29, 0.717) is 5.39 Å². The van der Waals surface area contributed by atoms with E-state index >= 15 is 0 Å². The number of para-hydroxylation sites is 1. The van der Waals surface area contributed by atoms with Crippen LogP contribution < -0.4 is 10.9 Å². The second-order valence-corrected chi connectivity index (χ2v) is 3.86. The highest BCUT2D eigenvalue weighted by atomic mass is 16.1. The van der Waals surface area contributed by atoms with E-state index in [2.05, 4.69) is 10.3 Å². The average Bonchev–Trinajstić information content (AvgIpc) is 2.33. The predicted octanol–water partition coefficient (Wildman–Crippen LogP) is 1.21. The smallest absolute Gasteiger partial charge is 0.261 e. The fourth-order valence-electron chi connectivity index (χ4n) is 1.75. The summed E-state index contributed by atoms with van der Waals surface area (Å²) in [5.74, 6) is 0.756. The summed E-state index contributed by atoms with van der Waals surface area (Å²) < 4.78 is 1.60. The average molecular weight is 217 g/mol. The Balaban J connectivity index is 2.79. The van der Waals surface area contributed by atoms with Crippen molar-refractivity contribution in [1.82, 2.24) is 14.9 Å². The van der Waals surface area contributed by atoms with E-state index in [1.165, 1.54) is 0 Å². The molecule has 1 N–H and O–H groups in total. The van der Waals surface area contributed by atoms with Crippen molar-refractivity contribution < 1.29 is 0 Å². The Bertz CT molecular complexity index is 574. The standard InChI is InChI=1S/C12H15N3O/c1-8(13-2)11-14-10-7-5-4-6-9(10)12(16)15(11)3/h4-8,13H,1-3H3. The Hall–Kier alpha value is -1.68. The van der Waals surface area contributed by atoms with Crippen molar-refractivity contribution in [2.75, 3.05) is 7.05 Å². The number of nitrogens with zero attached hydrogens (tertiary/aromatic N) is 2. The van der Waals surface area contributed by atoms with E-state index in [0.717, 1.165) is 11.3 Å². The molecule has 1 aromatic carbocycles. The molecular weight excluding hydrogens is 202 g/mol. The lowest BCUT2D eigenvalue weighted by atomic mass is 10.2. The lowest BCUT2D eigenvalue weighted by molar-refractivity contribution is 0.570. The van der Waals surface area contributed by atoms with Crippen LogP contribution in [0.15, 0.2) is 29.1 Å². The maximum absolute atomic E-state index is 12.1. The minimum atomic E-state index is 0.00250. The van der Waals surface area contributed by atoms with Crippen molar-refractivity contribution in [3.8, 4) is 0 Å². The van der Waals surface area contributed by atoms with Gasteiger partial charge in [0.1, 0.15) is 5.82 Å². The van der Waals surface area contributed by atoms with Gasteiger partial charge in [-0.25, -0.2) is 4.98 Å². The summed E-state index contributed by atoms with van der Waals surface area (Å²) in [4.78, 5) is 16.6. The van der Waals surface area contributed by atoms with Crippen LogP contribution in [0.25, 0.3) is 10.9 Å². The molecule has 2 rings (SSSR count). The van der Waals surface area contributed by atoms with Crippen LogP contribution in [0, 0.1) is 0 Å². The highest BCUT2D eigenvalue weighted by Crippen LogP contribution is 2.11. The van der Waals surface area contributed by atoms with Gasteiger partial charge in [-0.3, -0.25) is 9.36 Å². The van der Waals surface area contributed by atoms with Crippen LogP contribution in [0.5, 0.6) is 0 Å². The van der Waals surface area contributed by atoms with Crippen molar-refractivity contribution >= 4 is 10.9 Å². The summed E-state index contributed by atoms with van der Waals surface area (Å²) in [7, 11) is 3.61. The SMILES string of the molecule is CNC(C)c1nc2ccccc2c(=O)n1C. The van der Waals surface area contributed by atoms with Crippen LogP contribution in [0.2, 0.25) is 0 Å². The third-order valence-electron chi connectivity index (χ3n) is 2.84. The van der Waals surface area contributed by atoms with Crippen molar-refractivity contribution in [3.63, 3.8) is 0 Å². The molecule has 4 nitrogen and oxygen atoms in total. The molecule has 16 heavy (non-hydrogen) atoms. The van der Waals surface area contributed by atoms with E-state index in [9.17, 15) is 4.79 Å². The summed E-state index contributed by atoms with van der Waals surface area (Å²) in [6.45, 7) is 1.98. The van der Waals surface area contributed by atoms with E-state index in [1.54, 1.807) is 17.7 Å². The third kappa shape index (κ3) is 1.61. The summed E-state index contributed by atoms with van der Waals surface area (Å²) in [6, 6.07) is 7.47. The van der Waals surface area contributed by atoms with Gasteiger partial charge >= 0.3 is 0 Å². The van der Waals surface area contributed by atoms with Gasteiger partial charge in [0, 0.05) is 7.05 Å². The molecule has 0 aliphatic rings. The number of aromatic nitrogens is 2. The van der Waals surface area contributed by atoms with Crippen LogP contribution in [0.3, 0.4) is 0 Å². The molecule has 0 aliphatic carbocycles. The summed E-state index contributed by atoms with van der Waals surface area (Å²) in [5.41, 5.74) is 0.755. The summed E-state index contributed by atoms with van der Waals surface area (Å²) >= 11 is 0. The molecule has 1 aromatic heterocycles. The number of rotatable bonds is 2. The number of nitrogens with one attached hydrogen (secondary N) is 1. The third-order valence-corrected chi connectivity index (χ3v) is 2.84. The highest BCUT2D eigenvalue weighted by molar-refractivity contribution is 5.77. The Morgan fingerprint density at radius 1 is 1.38 bits per heavy atom. The minimum Gasteiger partial charge on any atom is -0.311 e. The minimum absolute atomic E-state index is 0.00250. The van der Waals surface area contributed by atoms with Crippen molar-refractivity contribution in [1.29, 1.82) is 0 Å². The molecule has 0 saturated carbocycles. The maximum atomic E-state index is 12.1. The molecule has 0 aliphatic heterocycles. The molecular formula is C12H15N3O. The van der Waals surface area contributed by atoms with Gasteiger partial charge < -0.3 is 5.32 Å². The first-order valence-electron chi connectivity index (χ1n) is 5.28. The lowest BCUT2D eigenvalue weighted by Crippen LogP contribution is -2.27. The highest BCUT2D eigenvalue weighted by Gasteiger charge is 2.11. The number of fused-ring (bicyclic) bond motifs is 1. The first kappa shape index (κ1) is 10.8. The zero-order valence-electron chi connectivity index (χ0n) is 9.69. The largest absolute Gasteiger partial charge is 0.311 e. The van der Waals surface area contributed by atoms with Gasteiger partial charge in [-0.1, -0.05) is 12.1 Å². The maximum Gasteiger partial charge on any atom is 0.261 e. The quantitative estimate of drug-likeness (QED) is 0.822. The van der Waals surface area contributed by atoms with E-state index in [1.807, 2.05) is 32.2 Å². The normalized spacial score (nSPS) is 12.9. The molecule has 2 aromatic rings. The Morgan fingerprint density at radius 2 is 2.06 bits per heavy atom. The number of hydrogen-bond donors (Lipinski definition) is 1. The van der Waals surface area contributed by atoms with Crippen molar-refractivity contribution in [3.05, 3.63) is 40.4 Å². The van der Waals surface area contributed by atoms with Crippen LogP contribution in [0.1, 0.15) is 18.8 Å². The van der Waals surface area contributed by atoms with Gasteiger partial charge in [0.2, 0.25) is 0 Å². The second kappa shape index (κ2) is 4.06. The fraction of sp³-hybridized carbons (Fsp3) is 0.333. The van der Waals surface area contributed by atoms with Gasteiger partial charge in [-0.05, 0) is 26.1 Å². The van der Waals surface area contributed by atoms with Gasteiger partial charge in [0.25, 0.3) is 5.56 Å². The Labute approximate surface area is 93.9 Å². The monoisotopic (exact) mass is 217 g/mol. The first-order valence-corrected chi connectivity index (χ1v) is 5.28. The Kier molecular flexibility index (Phi) is 2.75. The molecule has 0 saturated heterocycles. The van der Waals surface area contributed by atoms with E-state index in [-0.39, 0.29) is 11.6 Å². The van der Waals surface area contributed by atoms with Crippen molar-refractivity contribution in [2.45, 2.75) is 13.0 Å². The van der Waals surface area contributed by atoms with E-state index < -0.39 is 0 Å². The predicted molar refractivity (Wildman–Crippen MR) is 64.5 cm³/mol. The summed E-state index contributed by atoms with van der Waals surface area (Å²) in [5, 5.41) is 3.76. The second-order valence-electron chi connectivity index (χ2n) is 3.86. The molecule has 0 radical (unpaired) electrons. The van der Waals surface area contributed by atoms with Crippen LogP contribution in [-0.2, 0) is 7.05 Å². The molecule has 0 fully saturated rings. The van der Waals surface area contributed by atoms with Crippen molar-refractivity contribution in [2.24, 2.45) is 7.05 Å².